The number of aromatic amines is 3. The van der Waals surface area contributed by atoms with Crippen LogP contribution in [-0.4, -0.2) is 79.6 Å². The van der Waals surface area contributed by atoms with Crippen molar-refractivity contribution >= 4 is 35.6 Å². The summed E-state index contributed by atoms with van der Waals surface area (Å²) in [5.74, 6) is -2.38. The van der Waals surface area contributed by atoms with Crippen LogP contribution in [0, 0.1) is 0 Å². The Kier molecular flexibility index (Phi) is 4.76. The van der Waals surface area contributed by atoms with Gasteiger partial charge in [0.15, 0.2) is 0 Å². The van der Waals surface area contributed by atoms with Gasteiger partial charge in [-0.15, -0.1) is 15.3 Å². The Morgan fingerprint density at radius 2 is 0.867 bits per heavy atom. The quantitative estimate of drug-likeness (QED) is 0.201. The lowest BCUT2D eigenvalue weighted by Crippen LogP contribution is -2.20. The summed E-state index contributed by atoms with van der Waals surface area (Å²) < 4.78 is 0. The second kappa shape index (κ2) is 7.84. The van der Waals surface area contributed by atoms with Crippen LogP contribution < -0.4 is 16.0 Å². The molecule has 1 aromatic carbocycles. The Morgan fingerprint density at radius 1 is 0.567 bits per heavy atom. The van der Waals surface area contributed by atoms with Gasteiger partial charge < -0.3 is 0 Å². The van der Waals surface area contributed by atoms with Gasteiger partial charge in [-0.1, -0.05) is 15.3 Å². The first-order chi connectivity index (χ1) is 14.6. The van der Waals surface area contributed by atoms with Crippen LogP contribution in [0.2, 0.25) is 0 Å². The largest absolute Gasteiger partial charge is 0.288 e. The third kappa shape index (κ3) is 4.05. The molecule has 3 amide bonds. The molecule has 30 heavy (non-hydrogen) atoms. The van der Waals surface area contributed by atoms with E-state index in [1.54, 1.807) is 0 Å². The van der Waals surface area contributed by atoms with Crippen molar-refractivity contribution in [3.8, 4) is 0 Å². The SMILES string of the molecule is O=C(Nc1nn[nH]n1)c1cc(C(=O)Nc2nn[nH]n2)cc(C(=O)Nc2nn[nH]n2)c1. The zero-order valence-electron chi connectivity index (χ0n) is 14.5. The fourth-order valence-corrected chi connectivity index (χ4v) is 2.19. The van der Waals surface area contributed by atoms with Gasteiger partial charge in [-0.25, -0.2) is 0 Å². The van der Waals surface area contributed by atoms with Gasteiger partial charge in [0.1, 0.15) is 0 Å². The molecule has 0 aliphatic carbocycles. The van der Waals surface area contributed by atoms with Crippen molar-refractivity contribution in [1.82, 2.24) is 61.9 Å². The summed E-state index contributed by atoms with van der Waals surface area (Å²) in [4.78, 5) is 37.6. The summed E-state index contributed by atoms with van der Waals surface area (Å²) in [6.07, 6.45) is 0. The second-order valence-electron chi connectivity index (χ2n) is 5.37. The molecule has 3 heterocycles. The minimum atomic E-state index is -0.695. The standard InChI is InChI=1S/C12H9N15O3/c28-7(13-10-16-22-23-17-10)4-1-5(8(29)14-11-18-24-25-19-11)3-6(2-4)9(30)15-12-20-26-27-21-12/h1-3H,(H2,13,16,17,22,23,28)(H2,14,18,19,24,25,29)(H2,15,20,21,26,27,30). The molecule has 18 heteroatoms. The monoisotopic (exact) mass is 411 g/mol. The molecule has 6 N–H and O–H groups in total. The topological polar surface area (TPSA) is 251 Å². The summed E-state index contributed by atoms with van der Waals surface area (Å²) in [6.45, 7) is 0. The van der Waals surface area contributed by atoms with Gasteiger partial charge in [-0.05, 0) is 33.8 Å². The molecule has 18 nitrogen and oxygen atoms in total. The number of carbonyl (C=O) groups is 3. The van der Waals surface area contributed by atoms with E-state index in [1.807, 2.05) is 0 Å². The van der Waals surface area contributed by atoms with E-state index in [9.17, 15) is 14.4 Å². The van der Waals surface area contributed by atoms with E-state index in [4.69, 9.17) is 0 Å². The van der Waals surface area contributed by atoms with Crippen LogP contribution in [0.5, 0.6) is 0 Å². The maximum Gasteiger partial charge on any atom is 0.270 e. The molecular weight excluding hydrogens is 402 g/mol. The summed E-state index contributed by atoms with van der Waals surface area (Å²) in [6, 6.07) is 3.74. The number of carbonyl (C=O) groups excluding carboxylic acids is 3. The van der Waals surface area contributed by atoms with Crippen molar-refractivity contribution in [1.29, 1.82) is 0 Å². The summed E-state index contributed by atoms with van der Waals surface area (Å²) >= 11 is 0. The molecule has 0 atom stereocenters. The number of hydrogen-bond acceptors (Lipinski definition) is 12. The predicted octanol–water partition coefficient (Wildman–Crippen LogP) is -2.02. The average molecular weight is 411 g/mol. The lowest BCUT2D eigenvalue weighted by molar-refractivity contribution is 0.102. The van der Waals surface area contributed by atoms with Gasteiger partial charge in [0.05, 0.1) is 0 Å². The number of benzene rings is 1. The highest BCUT2D eigenvalue weighted by Crippen LogP contribution is 2.15. The number of rotatable bonds is 6. The van der Waals surface area contributed by atoms with Gasteiger partial charge in [0.2, 0.25) is 0 Å². The Labute approximate surface area is 163 Å². The smallest absolute Gasteiger partial charge is 0.270 e. The van der Waals surface area contributed by atoms with Crippen molar-refractivity contribution in [3.05, 3.63) is 34.9 Å². The zero-order chi connectivity index (χ0) is 20.9. The number of aromatic nitrogens is 12. The number of anilines is 3. The molecule has 4 rings (SSSR count). The molecule has 0 aliphatic rings. The molecule has 0 saturated carbocycles. The second-order valence-corrected chi connectivity index (χ2v) is 5.37. The third-order valence-corrected chi connectivity index (χ3v) is 3.43. The zero-order valence-corrected chi connectivity index (χ0v) is 14.5. The minimum absolute atomic E-state index is 0.0428. The first-order valence-electron chi connectivity index (χ1n) is 7.88. The van der Waals surface area contributed by atoms with Crippen molar-refractivity contribution in [2.45, 2.75) is 0 Å². The minimum Gasteiger partial charge on any atom is -0.288 e. The van der Waals surface area contributed by atoms with E-state index in [0.717, 1.165) is 0 Å². The predicted molar refractivity (Wildman–Crippen MR) is 92.8 cm³/mol. The highest BCUT2D eigenvalue weighted by molar-refractivity contribution is 6.12. The molecule has 0 aliphatic heterocycles. The van der Waals surface area contributed by atoms with Crippen LogP contribution >= 0.6 is 0 Å². The first-order valence-corrected chi connectivity index (χ1v) is 7.88. The number of hydrogen-bond donors (Lipinski definition) is 6. The molecule has 0 spiro atoms. The number of tetrazole rings is 3. The molecule has 4 aromatic rings. The lowest BCUT2D eigenvalue weighted by atomic mass is 10.0. The van der Waals surface area contributed by atoms with E-state index in [2.05, 4.69) is 77.8 Å². The van der Waals surface area contributed by atoms with Crippen LogP contribution in [0.25, 0.3) is 0 Å². The van der Waals surface area contributed by atoms with Gasteiger partial charge in [-0.3, -0.25) is 30.3 Å². The van der Waals surface area contributed by atoms with Crippen molar-refractivity contribution in [2.75, 3.05) is 16.0 Å². The van der Waals surface area contributed by atoms with Crippen LogP contribution in [0.1, 0.15) is 31.1 Å². The molecule has 0 unspecified atom stereocenters. The van der Waals surface area contributed by atoms with Crippen molar-refractivity contribution in [2.24, 2.45) is 0 Å². The Hall–Kier alpha value is -5.16. The van der Waals surface area contributed by atoms with Gasteiger partial charge >= 0.3 is 0 Å². The Morgan fingerprint density at radius 3 is 1.10 bits per heavy atom. The first kappa shape index (κ1) is 18.2. The number of nitrogens with zero attached hydrogens (tertiary/aromatic N) is 9. The molecule has 0 radical (unpaired) electrons. The number of H-pyrrole nitrogens is 3. The van der Waals surface area contributed by atoms with Gasteiger partial charge in [-0.2, -0.15) is 15.6 Å². The molecular formula is C12H9N15O3. The lowest BCUT2D eigenvalue weighted by Gasteiger charge is -2.08. The van der Waals surface area contributed by atoms with Crippen LogP contribution in [0.3, 0.4) is 0 Å². The maximum absolute atomic E-state index is 12.5. The Bertz CT molecular complexity index is 1010. The number of amides is 3. The molecule has 0 saturated heterocycles. The van der Waals surface area contributed by atoms with E-state index in [1.165, 1.54) is 18.2 Å². The van der Waals surface area contributed by atoms with E-state index < -0.39 is 17.7 Å². The van der Waals surface area contributed by atoms with E-state index in [0.29, 0.717) is 0 Å². The highest BCUT2D eigenvalue weighted by Gasteiger charge is 2.19. The molecule has 3 aromatic heterocycles. The maximum atomic E-state index is 12.5. The fraction of sp³-hybridized carbons (Fsp3) is 0. The third-order valence-electron chi connectivity index (χ3n) is 3.43. The molecule has 0 fully saturated rings. The highest BCUT2D eigenvalue weighted by atomic mass is 16.2. The molecule has 0 bridgehead atoms. The van der Waals surface area contributed by atoms with Gasteiger partial charge in [0, 0.05) is 16.7 Å². The normalized spacial score (nSPS) is 10.4. The summed E-state index contributed by atoms with van der Waals surface area (Å²) in [5, 5.41) is 45.2. The van der Waals surface area contributed by atoms with Crippen molar-refractivity contribution in [3.63, 3.8) is 0 Å². The summed E-state index contributed by atoms with van der Waals surface area (Å²) in [7, 11) is 0. The molecule has 150 valence electrons. The van der Waals surface area contributed by atoms with Crippen LogP contribution in [0.4, 0.5) is 17.8 Å². The van der Waals surface area contributed by atoms with E-state index >= 15 is 0 Å². The van der Waals surface area contributed by atoms with E-state index in [-0.39, 0.29) is 34.5 Å². The Balaban J connectivity index is 1.64. The van der Waals surface area contributed by atoms with Gasteiger partial charge in [0.25, 0.3) is 35.6 Å². The van der Waals surface area contributed by atoms with Crippen molar-refractivity contribution < 1.29 is 14.4 Å². The summed E-state index contributed by atoms with van der Waals surface area (Å²) in [5.41, 5.74) is -0.128. The average Bonchev–Trinajstić information content (AvgIpc) is 3.51. The van der Waals surface area contributed by atoms with Crippen LogP contribution in [0.15, 0.2) is 18.2 Å². The fourth-order valence-electron chi connectivity index (χ4n) is 2.19. The van der Waals surface area contributed by atoms with Crippen LogP contribution in [-0.2, 0) is 0 Å². The number of nitrogens with one attached hydrogen (secondary N) is 6.